The fraction of sp³-hybridized carbons (Fsp3) is 0.263. The fourth-order valence-corrected chi connectivity index (χ4v) is 2.83. The molecule has 0 saturated carbocycles. The average molecular weight is 333 g/mol. The molecular formula is C19H19N5O. The highest BCUT2D eigenvalue weighted by molar-refractivity contribution is 5.83. The quantitative estimate of drug-likeness (QED) is 0.695. The van der Waals surface area contributed by atoms with Crippen LogP contribution in [0.2, 0.25) is 0 Å². The first kappa shape index (κ1) is 16.7. The van der Waals surface area contributed by atoms with E-state index >= 15 is 0 Å². The third-order valence-electron chi connectivity index (χ3n) is 4.16. The van der Waals surface area contributed by atoms with Crippen molar-refractivity contribution in [1.82, 2.24) is 19.4 Å². The smallest absolute Gasteiger partial charge is 0.245 e. The maximum Gasteiger partial charge on any atom is 0.245 e. The summed E-state index contributed by atoms with van der Waals surface area (Å²) in [6, 6.07) is 13.2. The number of carbonyl (C=O) groups is 1. The zero-order valence-corrected chi connectivity index (χ0v) is 14.0. The Morgan fingerprint density at radius 2 is 2.16 bits per heavy atom. The Morgan fingerprint density at radius 3 is 2.92 bits per heavy atom. The second-order valence-corrected chi connectivity index (χ2v) is 5.85. The Kier molecular flexibility index (Phi) is 5.05. The summed E-state index contributed by atoms with van der Waals surface area (Å²) in [6.07, 6.45) is 5.43. The largest absolute Gasteiger partial charge is 0.335 e. The van der Waals surface area contributed by atoms with Gasteiger partial charge in [0.05, 0.1) is 29.9 Å². The van der Waals surface area contributed by atoms with Crippen LogP contribution < -0.4 is 0 Å². The van der Waals surface area contributed by atoms with Crippen molar-refractivity contribution in [1.29, 1.82) is 5.26 Å². The van der Waals surface area contributed by atoms with E-state index in [1.807, 2.05) is 47.9 Å². The molecule has 0 spiro atoms. The monoisotopic (exact) mass is 333 g/mol. The molecule has 0 aliphatic heterocycles. The standard InChI is InChI=1S/C19H19N5O/c1-15(24-14-22-17-7-2-3-8-18(17)24)19(25)23(11-5-9-20)13-16-6-4-10-21-12-16/h2-4,6-8,10,12,14-15H,5,11,13H2,1H3/t15-/m1/s1. The van der Waals surface area contributed by atoms with E-state index in [-0.39, 0.29) is 5.91 Å². The summed E-state index contributed by atoms with van der Waals surface area (Å²) in [4.78, 5) is 23.2. The van der Waals surface area contributed by atoms with E-state index in [0.717, 1.165) is 16.6 Å². The van der Waals surface area contributed by atoms with Crippen LogP contribution in [0.4, 0.5) is 0 Å². The molecule has 0 aliphatic carbocycles. The van der Waals surface area contributed by atoms with E-state index < -0.39 is 6.04 Å². The van der Waals surface area contributed by atoms with Crippen molar-refractivity contribution in [3.05, 3.63) is 60.7 Å². The second-order valence-electron chi connectivity index (χ2n) is 5.85. The molecule has 1 aromatic carbocycles. The minimum Gasteiger partial charge on any atom is -0.335 e. The van der Waals surface area contributed by atoms with Gasteiger partial charge in [0.1, 0.15) is 6.04 Å². The van der Waals surface area contributed by atoms with E-state index in [0.29, 0.717) is 19.5 Å². The fourth-order valence-electron chi connectivity index (χ4n) is 2.83. The number of hydrogen-bond donors (Lipinski definition) is 0. The third-order valence-corrected chi connectivity index (χ3v) is 4.16. The van der Waals surface area contributed by atoms with Crippen LogP contribution in [0.5, 0.6) is 0 Å². The van der Waals surface area contributed by atoms with Gasteiger partial charge in [-0.3, -0.25) is 9.78 Å². The van der Waals surface area contributed by atoms with Crippen LogP contribution >= 0.6 is 0 Å². The molecule has 6 nitrogen and oxygen atoms in total. The highest BCUT2D eigenvalue weighted by atomic mass is 16.2. The average Bonchev–Trinajstić information content (AvgIpc) is 3.09. The van der Waals surface area contributed by atoms with Gasteiger partial charge in [-0.05, 0) is 30.7 Å². The van der Waals surface area contributed by atoms with E-state index in [1.54, 1.807) is 23.6 Å². The zero-order chi connectivity index (χ0) is 17.6. The van der Waals surface area contributed by atoms with Crippen LogP contribution in [0.25, 0.3) is 11.0 Å². The van der Waals surface area contributed by atoms with Gasteiger partial charge in [-0.25, -0.2) is 4.98 Å². The number of pyridine rings is 1. The van der Waals surface area contributed by atoms with Crippen LogP contribution in [-0.4, -0.2) is 31.9 Å². The van der Waals surface area contributed by atoms with E-state index in [1.165, 1.54) is 0 Å². The summed E-state index contributed by atoms with van der Waals surface area (Å²) in [7, 11) is 0. The van der Waals surface area contributed by atoms with Crippen LogP contribution in [-0.2, 0) is 11.3 Å². The molecular weight excluding hydrogens is 314 g/mol. The third kappa shape index (κ3) is 3.66. The Balaban J connectivity index is 1.84. The first-order chi connectivity index (χ1) is 12.2. The van der Waals surface area contributed by atoms with Gasteiger partial charge in [0.15, 0.2) is 0 Å². The van der Waals surface area contributed by atoms with Gasteiger partial charge >= 0.3 is 0 Å². The molecule has 2 aromatic heterocycles. The van der Waals surface area contributed by atoms with Crippen LogP contribution in [0.3, 0.4) is 0 Å². The molecule has 0 unspecified atom stereocenters. The number of nitrogens with zero attached hydrogens (tertiary/aromatic N) is 5. The molecule has 3 rings (SSSR count). The number of hydrogen-bond acceptors (Lipinski definition) is 4. The summed E-state index contributed by atoms with van der Waals surface area (Å²) in [5.41, 5.74) is 2.72. The molecule has 0 saturated heterocycles. The van der Waals surface area contributed by atoms with Gasteiger partial charge in [-0.15, -0.1) is 0 Å². The van der Waals surface area contributed by atoms with Crippen molar-refractivity contribution in [3.63, 3.8) is 0 Å². The topological polar surface area (TPSA) is 74.8 Å². The van der Waals surface area contributed by atoms with Gasteiger partial charge in [-0.2, -0.15) is 5.26 Å². The summed E-state index contributed by atoms with van der Waals surface area (Å²) >= 11 is 0. The minimum atomic E-state index is -0.400. The molecule has 25 heavy (non-hydrogen) atoms. The summed E-state index contributed by atoms with van der Waals surface area (Å²) in [5, 5.41) is 8.91. The number of fused-ring (bicyclic) bond motifs is 1. The molecule has 1 amide bonds. The highest BCUT2D eigenvalue weighted by Gasteiger charge is 2.23. The minimum absolute atomic E-state index is 0.0396. The predicted octanol–water partition coefficient (Wildman–Crippen LogP) is 2.93. The molecule has 0 bridgehead atoms. The van der Waals surface area contributed by atoms with Crippen LogP contribution in [0, 0.1) is 11.3 Å². The lowest BCUT2D eigenvalue weighted by Gasteiger charge is -2.26. The zero-order valence-electron chi connectivity index (χ0n) is 14.0. The van der Waals surface area contributed by atoms with E-state index in [9.17, 15) is 4.79 Å². The van der Waals surface area contributed by atoms with Crippen LogP contribution in [0.1, 0.15) is 24.9 Å². The van der Waals surface area contributed by atoms with Gasteiger partial charge in [0, 0.05) is 25.5 Å². The molecule has 0 aliphatic rings. The molecule has 6 heteroatoms. The molecule has 1 atom stereocenters. The molecule has 2 heterocycles. The Labute approximate surface area is 146 Å². The van der Waals surface area contributed by atoms with Gasteiger partial charge < -0.3 is 9.47 Å². The number of carbonyl (C=O) groups excluding carboxylic acids is 1. The maximum absolute atomic E-state index is 13.0. The summed E-state index contributed by atoms with van der Waals surface area (Å²) in [6.45, 7) is 2.69. The lowest BCUT2D eigenvalue weighted by Crippen LogP contribution is -2.36. The highest BCUT2D eigenvalue weighted by Crippen LogP contribution is 2.20. The first-order valence-electron chi connectivity index (χ1n) is 8.17. The number of rotatable bonds is 6. The van der Waals surface area contributed by atoms with Crippen molar-refractivity contribution >= 4 is 16.9 Å². The second kappa shape index (κ2) is 7.58. The van der Waals surface area contributed by atoms with Gasteiger partial charge in [0.2, 0.25) is 5.91 Å². The normalized spacial score (nSPS) is 11.8. The SMILES string of the molecule is C[C@H](C(=O)N(CCC#N)Cc1cccnc1)n1cnc2ccccc21. The van der Waals surface area contributed by atoms with Crippen molar-refractivity contribution in [2.24, 2.45) is 0 Å². The van der Waals surface area contributed by atoms with Gasteiger partial charge in [0.25, 0.3) is 0 Å². The number of benzene rings is 1. The molecule has 3 aromatic rings. The molecule has 126 valence electrons. The van der Waals surface area contributed by atoms with Gasteiger partial charge in [-0.1, -0.05) is 18.2 Å². The first-order valence-corrected chi connectivity index (χ1v) is 8.17. The lowest BCUT2D eigenvalue weighted by atomic mass is 10.2. The Morgan fingerprint density at radius 1 is 1.32 bits per heavy atom. The predicted molar refractivity (Wildman–Crippen MR) is 94.3 cm³/mol. The number of aromatic nitrogens is 3. The van der Waals surface area contributed by atoms with Crippen molar-refractivity contribution < 1.29 is 4.79 Å². The summed E-state index contributed by atoms with van der Waals surface area (Å²) in [5.74, 6) is -0.0396. The number of imidazole rings is 1. The van der Waals surface area contributed by atoms with E-state index in [4.69, 9.17) is 5.26 Å². The molecule has 0 radical (unpaired) electrons. The summed E-state index contributed by atoms with van der Waals surface area (Å²) < 4.78 is 1.88. The lowest BCUT2D eigenvalue weighted by molar-refractivity contribution is -0.134. The molecule has 0 N–H and O–H groups in total. The van der Waals surface area contributed by atoms with E-state index in [2.05, 4.69) is 16.0 Å². The number of nitriles is 1. The number of amides is 1. The van der Waals surface area contributed by atoms with Crippen molar-refractivity contribution in [2.45, 2.75) is 25.9 Å². The Hall–Kier alpha value is -3.20. The van der Waals surface area contributed by atoms with Crippen molar-refractivity contribution in [3.8, 4) is 6.07 Å². The maximum atomic E-state index is 13.0. The van der Waals surface area contributed by atoms with Crippen LogP contribution in [0.15, 0.2) is 55.1 Å². The Bertz CT molecular complexity index is 897. The molecule has 0 fully saturated rings. The number of para-hydroxylation sites is 2. The van der Waals surface area contributed by atoms with Crippen molar-refractivity contribution in [2.75, 3.05) is 6.54 Å².